The van der Waals surface area contributed by atoms with Gasteiger partial charge in [0.15, 0.2) is 0 Å². The first-order valence-corrected chi connectivity index (χ1v) is 15.9. The van der Waals surface area contributed by atoms with Crippen LogP contribution >= 0.6 is 11.6 Å². The van der Waals surface area contributed by atoms with Crippen LogP contribution in [0, 0.1) is 6.92 Å². The van der Waals surface area contributed by atoms with Gasteiger partial charge in [0.2, 0.25) is 0 Å². The van der Waals surface area contributed by atoms with Crippen molar-refractivity contribution >= 4 is 34.4 Å². The number of ether oxygens (including phenoxy) is 2. The Labute approximate surface area is 272 Å². The summed E-state index contributed by atoms with van der Waals surface area (Å²) in [5.41, 5.74) is 1.57. The van der Waals surface area contributed by atoms with E-state index in [1.165, 1.54) is 17.4 Å². The molecule has 4 aromatic rings. The van der Waals surface area contributed by atoms with E-state index in [1.807, 2.05) is 0 Å². The molecule has 3 aromatic carbocycles. The Morgan fingerprint density at radius 2 is 1.72 bits per heavy atom. The summed E-state index contributed by atoms with van der Waals surface area (Å²) < 4.78 is 13.9. The van der Waals surface area contributed by atoms with Crippen molar-refractivity contribution < 1.29 is 19.1 Å². The van der Waals surface area contributed by atoms with E-state index in [1.54, 1.807) is 88.5 Å². The standard InChI is InChI=1S/C35H39ClN4O6/c1-22(2)46-34(43)29(37-32(41)31-23(3)8-7-9-28(31)36)20-24-10-12-25(13-11-24)40-33(42)27-21-26(14-15-30(27)38(4)35(40)44)45-19-18-39-16-5-6-17-39/h7-15,21-22,29H,5-6,16-20H2,1-4H3,(H,37,41)/t29-/m0/s1. The lowest BCUT2D eigenvalue weighted by atomic mass is 10.0. The van der Waals surface area contributed by atoms with E-state index in [9.17, 15) is 19.2 Å². The van der Waals surface area contributed by atoms with Crippen LogP contribution in [0.3, 0.4) is 0 Å². The third-order valence-corrected chi connectivity index (χ3v) is 8.46. The van der Waals surface area contributed by atoms with Gasteiger partial charge in [-0.2, -0.15) is 0 Å². The Balaban J connectivity index is 1.39. The molecule has 11 heteroatoms. The second kappa shape index (κ2) is 14.3. The minimum absolute atomic E-state index is 0.115. The Hall–Kier alpha value is -4.41. The average molecular weight is 647 g/mol. The number of benzene rings is 3. The van der Waals surface area contributed by atoms with E-state index in [2.05, 4.69) is 10.2 Å². The maximum Gasteiger partial charge on any atom is 0.335 e. The number of nitrogens with zero attached hydrogens (tertiary/aromatic N) is 3. The lowest BCUT2D eigenvalue weighted by molar-refractivity contribution is -0.149. The second-order valence-corrected chi connectivity index (χ2v) is 12.3. The number of carbonyl (C=O) groups excluding carboxylic acids is 2. The van der Waals surface area contributed by atoms with E-state index in [0.29, 0.717) is 40.1 Å². The summed E-state index contributed by atoms with van der Waals surface area (Å²) in [6.45, 7) is 8.71. The van der Waals surface area contributed by atoms with Crippen LogP contribution in [-0.4, -0.2) is 64.3 Å². The third kappa shape index (κ3) is 7.35. The molecule has 1 amide bonds. The molecular weight excluding hydrogens is 608 g/mol. The minimum atomic E-state index is -1.00. The van der Waals surface area contributed by atoms with E-state index < -0.39 is 29.2 Å². The fraction of sp³-hybridized carbons (Fsp3) is 0.371. The van der Waals surface area contributed by atoms with Crippen LogP contribution in [0.5, 0.6) is 5.75 Å². The predicted octanol–water partition coefficient (Wildman–Crippen LogP) is 4.42. The lowest BCUT2D eigenvalue weighted by Gasteiger charge is -2.20. The van der Waals surface area contributed by atoms with Gasteiger partial charge in [0.25, 0.3) is 11.5 Å². The molecule has 0 spiro atoms. The van der Waals surface area contributed by atoms with Gasteiger partial charge in [0.05, 0.1) is 33.3 Å². The van der Waals surface area contributed by atoms with Crippen molar-refractivity contribution in [1.29, 1.82) is 0 Å². The number of amides is 1. The van der Waals surface area contributed by atoms with Crippen LogP contribution in [0.2, 0.25) is 5.02 Å². The Bertz CT molecular complexity index is 1840. The Morgan fingerprint density at radius 1 is 1.00 bits per heavy atom. The molecule has 0 unspecified atom stereocenters. The van der Waals surface area contributed by atoms with Crippen molar-refractivity contribution in [3.8, 4) is 11.4 Å². The molecule has 10 nitrogen and oxygen atoms in total. The minimum Gasteiger partial charge on any atom is -0.492 e. The maximum absolute atomic E-state index is 13.7. The number of aryl methyl sites for hydroxylation is 2. The highest BCUT2D eigenvalue weighted by atomic mass is 35.5. The molecule has 0 radical (unpaired) electrons. The average Bonchev–Trinajstić information content (AvgIpc) is 3.54. The summed E-state index contributed by atoms with van der Waals surface area (Å²) in [6, 6.07) is 16.0. The number of aromatic nitrogens is 2. The van der Waals surface area contributed by atoms with E-state index in [0.717, 1.165) is 24.2 Å². The zero-order valence-corrected chi connectivity index (χ0v) is 27.3. The molecule has 1 N–H and O–H groups in total. The topological polar surface area (TPSA) is 112 Å². The quantitative estimate of drug-likeness (QED) is 0.240. The van der Waals surface area contributed by atoms with Gasteiger partial charge in [-0.05, 0) is 94.2 Å². The number of hydrogen-bond acceptors (Lipinski definition) is 7. The molecule has 0 aliphatic carbocycles. The number of nitrogens with one attached hydrogen (secondary N) is 1. The molecule has 2 heterocycles. The van der Waals surface area contributed by atoms with Crippen molar-refractivity contribution in [2.75, 3.05) is 26.2 Å². The number of rotatable bonds is 11. The van der Waals surface area contributed by atoms with Crippen LogP contribution in [0.15, 0.2) is 70.3 Å². The highest BCUT2D eigenvalue weighted by molar-refractivity contribution is 6.34. The number of esters is 1. The Kier molecular flexibility index (Phi) is 10.3. The summed E-state index contributed by atoms with van der Waals surface area (Å²) in [5, 5.41) is 3.41. The van der Waals surface area contributed by atoms with E-state index in [4.69, 9.17) is 21.1 Å². The van der Waals surface area contributed by atoms with Crippen LogP contribution in [0.1, 0.15) is 48.2 Å². The summed E-state index contributed by atoms with van der Waals surface area (Å²) in [6.07, 6.45) is 2.14. The first-order chi connectivity index (χ1) is 22.0. The van der Waals surface area contributed by atoms with Crippen molar-refractivity contribution in [3.05, 3.63) is 103 Å². The van der Waals surface area contributed by atoms with Gasteiger partial charge in [-0.15, -0.1) is 0 Å². The van der Waals surface area contributed by atoms with Gasteiger partial charge in [-0.3, -0.25) is 19.1 Å². The largest absolute Gasteiger partial charge is 0.492 e. The fourth-order valence-corrected chi connectivity index (χ4v) is 6.04. The molecule has 1 atom stereocenters. The summed E-state index contributed by atoms with van der Waals surface area (Å²) >= 11 is 6.30. The molecule has 5 rings (SSSR count). The zero-order valence-electron chi connectivity index (χ0n) is 26.5. The van der Waals surface area contributed by atoms with Crippen molar-refractivity contribution in [3.63, 3.8) is 0 Å². The summed E-state index contributed by atoms with van der Waals surface area (Å²) in [4.78, 5) is 55.6. The van der Waals surface area contributed by atoms with Gasteiger partial charge in [0.1, 0.15) is 18.4 Å². The van der Waals surface area contributed by atoms with E-state index >= 15 is 0 Å². The Morgan fingerprint density at radius 3 is 2.39 bits per heavy atom. The molecule has 0 bridgehead atoms. The number of likely N-dealkylation sites (tertiary alicyclic amines) is 1. The monoisotopic (exact) mass is 646 g/mol. The van der Waals surface area contributed by atoms with Crippen molar-refractivity contribution in [2.24, 2.45) is 7.05 Å². The third-order valence-electron chi connectivity index (χ3n) is 8.14. The van der Waals surface area contributed by atoms with E-state index in [-0.39, 0.29) is 23.1 Å². The van der Waals surface area contributed by atoms with Crippen LogP contribution < -0.4 is 21.3 Å². The van der Waals surface area contributed by atoms with Crippen LogP contribution in [0.25, 0.3) is 16.6 Å². The number of hydrogen-bond donors (Lipinski definition) is 1. The number of fused-ring (bicyclic) bond motifs is 1. The molecular formula is C35H39ClN4O6. The molecule has 1 saturated heterocycles. The van der Waals surface area contributed by atoms with Gasteiger partial charge in [0, 0.05) is 20.0 Å². The highest BCUT2D eigenvalue weighted by Crippen LogP contribution is 2.21. The van der Waals surface area contributed by atoms with Crippen molar-refractivity contribution in [2.45, 2.75) is 52.2 Å². The molecule has 1 aliphatic heterocycles. The lowest BCUT2D eigenvalue weighted by Crippen LogP contribution is -2.44. The molecule has 0 saturated carbocycles. The normalized spacial score (nSPS) is 14.0. The molecule has 1 aliphatic rings. The smallest absolute Gasteiger partial charge is 0.335 e. The number of halogens is 1. The maximum atomic E-state index is 13.7. The SMILES string of the molecule is Cc1cccc(Cl)c1C(=O)N[C@@H](Cc1ccc(-n2c(=O)c3cc(OCCN4CCCC4)ccc3n(C)c2=O)cc1)C(=O)OC(C)C. The first-order valence-electron chi connectivity index (χ1n) is 15.5. The summed E-state index contributed by atoms with van der Waals surface area (Å²) in [7, 11) is 1.62. The number of carbonyl (C=O) groups is 2. The summed E-state index contributed by atoms with van der Waals surface area (Å²) in [5.74, 6) is -0.510. The molecule has 242 valence electrons. The molecule has 46 heavy (non-hydrogen) atoms. The zero-order chi connectivity index (χ0) is 33.0. The van der Waals surface area contributed by atoms with Crippen LogP contribution in [-0.2, 0) is 23.0 Å². The fourth-order valence-electron chi connectivity index (χ4n) is 5.73. The van der Waals surface area contributed by atoms with Gasteiger partial charge in [-0.1, -0.05) is 35.9 Å². The molecule has 1 aromatic heterocycles. The highest BCUT2D eigenvalue weighted by Gasteiger charge is 2.26. The van der Waals surface area contributed by atoms with Gasteiger partial charge in [-0.25, -0.2) is 14.2 Å². The van der Waals surface area contributed by atoms with Crippen LogP contribution in [0.4, 0.5) is 0 Å². The molecule has 1 fully saturated rings. The predicted molar refractivity (Wildman–Crippen MR) is 178 cm³/mol. The van der Waals surface area contributed by atoms with Gasteiger partial charge >= 0.3 is 11.7 Å². The van der Waals surface area contributed by atoms with Gasteiger partial charge < -0.3 is 14.8 Å². The first kappa shape index (κ1) is 33.0. The van der Waals surface area contributed by atoms with Crippen molar-refractivity contribution in [1.82, 2.24) is 19.4 Å². The second-order valence-electron chi connectivity index (χ2n) is 11.9.